The van der Waals surface area contributed by atoms with Crippen molar-refractivity contribution in [3.8, 4) is 0 Å². The second kappa shape index (κ2) is 4.07. The van der Waals surface area contributed by atoms with Gasteiger partial charge in [0.1, 0.15) is 0 Å². The van der Waals surface area contributed by atoms with Gasteiger partial charge in [-0.25, -0.2) is 13.5 Å². The molecule has 0 heterocycles. The van der Waals surface area contributed by atoms with E-state index in [1.165, 1.54) is 0 Å². The SMILES string of the molecule is CC(C[O])CS(=O)(=O)C(C)C. The van der Waals surface area contributed by atoms with E-state index in [-0.39, 0.29) is 23.5 Å². The zero-order chi connectivity index (χ0) is 9.07. The first-order valence-electron chi connectivity index (χ1n) is 3.69. The molecule has 0 saturated heterocycles. The number of hydrogen-bond acceptors (Lipinski definition) is 2. The number of rotatable bonds is 4. The van der Waals surface area contributed by atoms with Crippen molar-refractivity contribution < 1.29 is 13.5 Å². The summed E-state index contributed by atoms with van der Waals surface area (Å²) in [7, 11) is -3.01. The zero-order valence-corrected chi connectivity index (χ0v) is 8.02. The number of hydrogen-bond donors (Lipinski definition) is 0. The molecule has 0 aliphatic carbocycles. The Bertz CT molecular complexity index is 194. The van der Waals surface area contributed by atoms with Gasteiger partial charge in [0.2, 0.25) is 0 Å². The molecule has 0 amide bonds. The normalized spacial score (nSPS) is 15.4. The second-order valence-electron chi connectivity index (χ2n) is 3.15. The molecule has 0 saturated carbocycles. The van der Waals surface area contributed by atoms with Crippen LogP contribution in [0.15, 0.2) is 0 Å². The molecule has 11 heavy (non-hydrogen) atoms. The lowest BCUT2D eigenvalue weighted by molar-refractivity contribution is 0.159. The lowest BCUT2D eigenvalue weighted by Crippen LogP contribution is -2.23. The molecule has 0 rings (SSSR count). The van der Waals surface area contributed by atoms with Gasteiger partial charge in [-0.1, -0.05) is 6.92 Å². The van der Waals surface area contributed by atoms with Crippen LogP contribution in [0.4, 0.5) is 0 Å². The van der Waals surface area contributed by atoms with E-state index in [4.69, 9.17) is 0 Å². The van der Waals surface area contributed by atoms with Gasteiger partial charge in [0.15, 0.2) is 9.84 Å². The van der Waals surface area contributed by atoms with Gasteiger partial charge in [0.05, 0.1) is 17.6 Å². The molecule has 4 heteroatoms. The number of sulfone groups is 1. The van der Waals surface area contributed by atoms with Crippen LogP contribution in [0.25, 0.3) is 0 Å². The van der Waals surface area contributed by atoms with Crippen LogP contribution >= 0.6 is 0 Å². The van der Waals surface area contributed by atoms with Crippen molar-refractivity contribution in [2.24, 2.45) is 5.92 Å². The summed E-state index contributed by atoms with van der Waals surface area (Å²) >= 11 is 0. The predicted molar refractivity (Wildman–Crippen MR) is 43.6 cm³/mol. The van der Waals surface area contributed by atoms with Crippen LogP contribution in [0.1, 0.15) is 20.8 Å². The summed E-state index contributed by atoms with van der Waals surface area (Å²) in [5.74, 6) is -0.240. The minimum atomic E-state index is -3.01. The van der Waals surface area contributed by atoms with Crippen molar-refractivity contribution in [2.45, 2.75) is 26.0 Å². The maximum atomic E-state index is 11.2. The Morgan fingerprint density at radius 3 is 1.91 bits per heavy atom. The highest BCUT2D eigenvalue weighted by atomic mass is 32.2. The Morgan fingerprint density at radius 2 is 1.64 bits per heavy atom. The lowest BCUT2D eigenvalue weighted by Gasteiger charge is -2.10. The van der Waals surface area contributed by atoms with Crippen LogP contribution < -0.4 is 0 Å². The molecule has 0 fully saturated rings. The van der Waals surface area contributed by atoms with Gasteiger partial charge in [0, 0.05) is 0 Å². The Balaban J connectivity index is 4.15. The van der Waals surface area contributed by atoms with Gasteiger partial charge < -0.3 is 0 Å². The van der Waals surface area contributed by atoms with E-state index in [0.29, 0.717) is 0 Å². The largest absolute Gasteiger partial charge is 0.236 e. The monoisotopic (exact) mass is 179 g/mol. The van der Waals surface area contributed by atoms with Crippen molar-refractivity contribution in [3.63, 3.8) is 0 Å². The van der Waals surface area contributed by atoms with E-state index >= 15 is 0 Å². The van der Waals surface area contributed by atoms with Crippen molar-refractivity contribution >= 4 is 9.84 Å². The van der Waals surface area contributed by atoms with E-state index in [2.05, 4.69) is 0 Å². The molecule has 67 valence electrons. The predicted octanol–water partition coefficient (Wildman–Crippen LogP) is 0.876. The first kappa shape index (κ1) is 10.9. The summed E-state index contributed by atoms with van der Waals surface area (Å²) in [6.45, 7) is 4.61. The van der Waals surface area contributed by atoms with E-state index in [1.54, 1.807) is 20.8 Å². The molecule has 1 unspecified atom stereocenters. The summed E-state index contributed by atoms with van der Waals surface area (Å²) in [5, 5.41) is 9.90. The minimum Gasteiger partial charge on any atom is -0.236 e. The van der Waals surface area contributed by atoms with Crippen LogP contribution in [0, 0.1) is 5.92 Å². The van der Waals surface area contributed by atoms with Crippen LogP contribution in [-0.4, -0.2) is 26.0 Å². The van der Waals surface area contributed by atoms with Crippen LogP contribution in [-0.2, 0) is 14.9 Å². The molecule has 3 nitrogen and oxygen atoms in total. The van der Waals surface area contributed by atoms with Crippen molar-refractivity contribution in [1.29, 1.82) is 0 Å². The highest BCUT2D eigenvalue weighted by Crippen LogP contribution is 2.06. The average Bonchev–Trinajstić information content (AvgIpc) is 1.86. The average molecular weight is 179 g/mol. The lowest BCUT2D eigenvalue weighted by atomic mass is 10.2. The first-order chi connectivity index (χ1) is 4.90. The van der Waals surface area contributed by atoms with Crippen molar-refractivity contribution in [2.75, 3.05) is 12.4 Å². The molecule has 0 spiro atoms. The first-order valence-corrected chi connectivity index (χ1v) is 5.41. The summed E-state index contributed by atoms with van der Waals surface area (Å²) in [6.07, 6.45) is 0. The summed E-state index contributed by atoms with van der Waals surface area (Å²) < 4.78 is 22.3. The zero-order valence-electron chi connectivity index (χ0n) is 7.20. The van der Waals surface area contributed by atoms with E-state index in [9.17, 15) is 13.5 Å². The van der Waals surface area contributed by atoms with Gasteiger partial charge in [-0.15, -0.1) is 0 Å². The second-order valence-corrected chi connectivity index (χ2v) is 5.75. The molecule has 0 bridgehead atoms. The quantitative estimate of drug-likeness (QED) is 0.643. The Hall–Kier alpha value is -0.0900. The molecule has 0 aromatic rings. The molecule has 0 N–H and O–H groups in total. The fourth-order valence-electron chi connectivity index (χ4n) is 0.637. The van der Waals surface area contributed by atoms with Gasteiger partial charge in [-0.2, -0.15) is 0 Å². The summed E-state index contributed by atoms with van der Waals surface area (Å²) in [6, 6.07) is 0. The third kappa shape index (κ3) is 3.72. The van der Waals surface area contributed by atoms with Crippen LogP contribution in [0.5, 0.6) is 0 Å². The van der Waals surface area contributed by atoms with Gasteiger partial charge >= 0.3 is 0 Å². The topological polar surface area (TPSA) is 54.0 Å². The highest BCUT2D eigenvalue weighted by Gasteiger charge is 2.19. The Morgan fingerprint density at radius 1 is 1.18 bits per heavy atom. The van der Waals surface area contributed by atoms with Gasteiger partial charge in [-0.05, 0) is 19.8 Å². The molecule has 1 atom stereocenters. The molecule has 0 aromatic heterocycles. The van der Waals surface area contributed by atoms with Crippen LogP contribution in [0.3, 0.4) is 0 Å². The van der Waals surface area contributed by atoms with Crippen molar-refractivity contribution in [3.05, 3.63) is 0 Å². The molecular formula is C7H15O3S. The van der Waals surface area contributed by atoms with E-state index in [0.717, 1.165) is 0 Å². The third-order valence-corrected chi connectivity index (χ3v) is 3.99. The van der Waals surface area contributed by atoms with Crippen molar-refractivity contribution in [1.82, 2.24) is 0 Å². The standard InChI is InChI=1S/C7H15O3S/c1-6(2)11(9,10)5-7(3)4-8/h6-7H,4-5H2,1-3H3. The molecule has 1 radical (unpaired) electrons. The van der Waals surface area contributed by atoms with Gasteiger partial charge in [-0.3, -0.25) is 0 Å². The maximum absolute atomic E-state index is 11.2. The molecule has 0 aromatic carbocycles. The fraction of sp³-hybridized carbons (Fsp3) is 1.00. The maximum Gasteiger partial charge on any atom is 0.152 e. The smallest absolute Gasteiger partial charge is 0.152 e. The fourth-order valence-corrected chi connectivity index (χ4v) is 1.91. The van der Waals surface area contributed by atoms with Crippen LogP contribution in [0.2, 0.25) is 0 Å². The van der Waals surface area contributed by atoms with E-state index in [1.807, 2.05) is 0 Å². The minimum absolute atomic E-state index is 0.0220. The highest BCUT2D eigenvalue weighted by molar-refractivity contribution is 7.91. The van der Waals surface area contributed by atoms with E-state index < -0.39 is 9.84 Å². The molecular weight excluding hydrogens is 164 g/mol. The Labute approximate surface area is 68.3 Å². The molecule has 0 aliphatic heterocycles. The third-order valence-electron chi connectivity index (χ3n) is 1.52. The Kier molecular flexibility index (Phi) is 4.03. The summed E-state index contributed by atoms with van der Waals surface area (Å²) in [5.41, 5.74) is 0. The summed E-state index contributed by atoms with van der Waals surface area (Å²) in [4.78, 5) is 0. The van der Waals surface area contributed by atoms with Gasteiger partial charge in [0.25, 0.3) is 0 Å². The molecule has 0 aliphatic rings.